The number of hydrogen-bond donors (Lipinski definition) is 0. The molecule has 0 atom stereocenters. The van der Waals surface area contributed by atoms with E-state index < -0.39 is 5.97 Å². The molecule has 192 valence electrons. The van der Waals surface area contributed by atoms with Gasteiger partial charge in [0.15, 0.2) is 13.1 Å². The Morgan fingerprint density at radius 3 is 2.26 bits per heavy atom. The van der Waals surface area contributed by atoms with E-state index in [1.165, 1.54) is 70.6 Å². The van der Waals surface area contributed by atoms with Crippen molar-refractivity contribution in [3.8, 4) is 12.0 Å². The molecule has 0 aromatic rings. The Labute approximate surface area is 207 Å². The van der Waals surface area contributed by atoms with Gasteiger partial charge in [-0.3, -0.25) is 4.79 Å². The average Bonchev–Trinajstić information content (AvgIpc) is 2.97. The van der Waals surface area contributed by atoms with Crippen LogP contribution in [0.1, 0.15) is 104 Å². The zero-order valence-electron chi connectivity index (χ0n) is 21.6. The SMILES string of the molecule is CCCCCCCCC=CCCCCCCCC(=O)OCCN1C#CC(C)=[N+](CC(=O)[O-])CC1. The van der Waals surface area contributed by atoms with E-state index in [9.17, 15) is 14.7 Å². The van der Waals surface area contributed by atoms with Crippen molar-refractivity contribution in [2.75, 3.05) is 32.8 Å². The summed E-state index contributed by atoms with van der Waals surface area (Å²) in [5.74, 6) is 1.69. The van der Waals surface area contributed by atoms with Crippen molar-refractivity contribution >= 4 is 17.7 Å². The van der Waals surface area contributed by atoms with E-state index in [2.05, 4.69) is 31.0 Å². The summed E-state index contributed by atoms with van der Waals surface area (Å²) < 4.78 is 7.04. The fraction of sp³-hybridized carbons (Fsp3) is 0.750. The van der Waals surface area contributed by atoms with Gasteiger partial charge in [0.2, 0.25) is 5.71 Å². The predicted octanol–water partition coefficient (Wildman–Crippen LogP) is 4.07. The number of ether oxygens (including phenoxy) is 1. The highest BCUT2D eigenvalue weighted by atomic mass is 16.5. The quantitative estimate of drug-likeness (QED) is 0.0874. The maximum atomic E-state index is 11.9. The van der Waals surface area contributed by atoms with Crippen LogP contribution in [0.3, 0.4) is 0 Å². The van der Waals surface area contributed by atoms with Crippen LogP contribution in [-0.4, -0.2) is 59.9 Å². The van der Waals surface area contributed by atoms with Gasteiger partial charge in [0.1, 0.15) is 12.6 Å². The fourth-order valence-electron chi connectivity index (χ4n) is 3.91. The molecule has 34 heavy (non-hydrogen) atoms. The summed E-state index contributed by atoms with van der Waals surface area (Å²) in [5, 5.41) is 10.8. The molecular formula is C28H46N2O4. The van der Waals surface area contributed by atoms with E-state index in [0.29, 0.717) is 38.4 Å². The van der Waals surface area contributed by atoms with Crippen LogP contribution in [0.4, 0.5) is 0 Å². The van der Waals surface area contributed by atoms with E-state index in [-0.39, 0.29) is 12.5 Å². The van der Waals surface area contributed by atoms with E-state index >= 15 is 0 Å². The van der Waals surface area contributed by atoms with Gasteiger partial charge >= 0.3 is 5.97 Å². The Morgan fingerprint density at radius 1 is 1.00 bits per heavy atom. The largest absolute Gasteiger partial charge is 0.544 e. The standard InChI is InChI=1S/C28H46N2O4/c1-3-4-5-6-7-8-9-10-11-12-13-14-15-16-17-18-28(33)34-24-23-29-20-19-26(2)30(22-21-29)25-27(31)32/h10-11H,3-9,12-18,21-25H2,1-2H3. The number of rotatable bonds is 20. The van der Waals surface area contributed by atoms with Gasteiger partial charge in [-0.25, -0.2) is 4.58 Å². The highest BCUT2D eigenvalue weighted by Crippen LogP contribution is 2.10. The highest BCUT2D eigenvalue weighted by molar-refractivity contribution is 5.94. The molecule has 0 unspecified atom stereocenters. The van der Waals surface area contributed by atoms with Crippen LogP contribution < -0.4 is 5.11 Å². The Bertz CT molecular complexity index is 703. The Kier molecular flexibility index (Phi) is 17.6. The van der Waals surface area contributed by atoms with Gasteiger partial charge in [0.25, 0.3) is 0 Å². The molecular weight excluding hydrogens is 428 g/mol. The van der Waals surface area contributed by atoms with Crippen LogP contribution in [0.2, 0.25) is 0 Å². The number of aliphatic carboxylic acids is 1. The zero-order chi connectivity index (χ0) is 24.9. The molecule has 6 nitrogen and oxygen atoms in total. The second-order valence-corrected chi connectivity index (χ2v) is 9.16. The first-order chi connectivity index (χ1) is 16.5. The van der Waals surface area contributed by atoms with Crippen LogP contribution in [0.15, 0.2) is 12.2 Å². The van der Waals surface area contributed by atoms with Crippen molar-refractivity contribution in [3.05, 3.63) is 12.2 Å². The second kappa shape index (κ2) is 20.1. The minimum atomic E-state index is -1.11. The van der Waals surface area contributed by atoms with E-state index in [1.807, 2.05) is 4.90 Å². The lowest BCUT2D eigenvalue weighted by Gasteiger charge is -2.15. The van der Waals surface area contributed by atoms with Gasteiger partial charge < -0.3 is 19.5 Å². The number of carboxylic acid groups (broad SMARTS) is 1. The molecule has 1 aliphatic rings. The van der Waals surface area contributed by atoms with Crippen molar-refractivity contribution in [1.82, 2.24) is 4.90 Å². The normalized spacial score (nSPS) is 13.6. The van der Waals surface area contributed by atoms with Crippen molar-refractivity contribution < 1.29 is 24.0 Å². The van der Waals surface area contributed by atoms with Crippen LogP contribution >= 0.6 is 0 Å². The topological polar surface area (TPSA) is 72.7 Å². The summed E-state index contributed by atoms with van der Waals surface area (Å²) >= 11 is 0. The number of carbonyl (C=O) groups excluding carboxylic acids is 2. The predicted molar refractivity (Wildman–Crippen MR) is 135 cm³/mol. The first-order valence-electron chi connectivity index (χ1n) is 13.4. The molecule has 0 aliphatic carbocycles. The molecule has 0 amide bonds. The molecule has 0 N–H and O–H groups in total. The van der Waals surface area contributed by atoms with Crippen molar-refractivity contribution in [2.45, 2.75) is 104 Å². The lowest BCUT2D eigenvalue weighted by molar-refractivity contribution is -0.526. The minimum absolute atomic E-state index is 0.151. The first kappa shape index (κ1) is 29.7. The molecule has 0 saturated carbocycles. The maximum Gasteiger partial charge on any atom is 0.305 e. The molecule has 1 aliphatic heterocycles. The molecule has 1 heterocycles. The van der Waals surface area contributed by atoms with Crippen LogP contribution in [0.5, 0.6) is 0 Å². The van der Waals surface area contributed by atoms with E-state index in [1.54, 1.807) is 11.5 Å². The molecule has 0 aromatic heterocycles. The molecule has 0 saturated heterocycles. The monoisotopic (exact) mass is 474 g/mol. The van der Waals surface area contributed by atoms with Crippen molar-refractivity contribution in [3.63, 3.8) is 0 Å². The highest BCUT2D eigenvalue weighted by Gasteiger charge is 2.15. The number of carbonyl (C=O) groups is 2. The fourth-order valence-corrected chi connectivity index (χ4v) is 3.91. The Balaban J connectivity index is 1.95. The zero-order valence-corrected chi connectivity index (χ0v) is 21.6. The van der Waals surface area contributed by atoms with Gasteiger partial charge in [-0.05, 0) is 32.1 Å². The molecule has 0 radical (unpaired) electrons. The summed E-state index contributed by atoms with van der Waals surface area (Å²) in [6, 6.07) is 3.00. The summed E-state index contributed by atoms with van der Waals surface area (Å²) in [4.78, 5) is 24.6. The summed E-state index contributed by atoms with van der Waals surface area (Å²) in [6.07, 6.45) is 21.2. The second-order valence-electron chi connectivity index (χ2n) is 9.16. The molecule has 0 spiro atoms. The number of hydrogen-bond acceptors (Lipinski definition) is 5. The number of esters is 1. The lowest BCUT2D eigenvalue weighted by Crippen LogP contribution is -2.37. The molecule has 0 bridgehead atoms. The van der Waals surface area contributed by atoms with Crippen LogP contribution in [0.25, 0.3) is 0 Å². The average molecular weight is 475 g/mol. The third-order valence-corrected chi connectivity index (χ3v) is 6.10. The molecule has 0 aromatic carbocycles. The Morgan fingerprint density at radius 2 is 1.62 bits per heavy atom. The molecule has 6 heteroatoms. The van der Waals surface area contributed by atoms with Crippen LogP contribution in [-0.2, 0) is 14.3 Å². The smallest absolute Gasteiger partial charge is 0.305 e. The summed E-state index contributed by atoms with van der Waals surface area (Å²) in [7, 11) is 0. The van der Waals surface area contributed by atoms with Crippen molar-refractivity contribution in [1.29, 1.82) is 0 Å². The van der Waals surface area contributed by atoms with Gasteiger partial charge in [-0.15, -0.1) is 0 Å². The summed E-state index contributed by atoms with van der Waals surface area (Å²) in [6.45, 7) is 5.88. The van der Waals surface area contributed by atoms with E-state index in [0.717, 1.165) is 12.8 Å². The summed E-state index contributed by atoms with van der Waals surface area (Å²) in [5.41, 5.74) is 0.716. The van der Waals surface area contributed by atoms with Gasteiger partial charge in [-0.2, -0.15) is 0 Å². The number of nitrogens with zero attached hydrogens (tertiary/aromatic N) is 2. The maximum absolute atomic E-state index is 11.9. The Hall–Kier alpha value is -2.29. The third kappa shape index (κ3) is 16.3. The number of unbranched alkanes of at least 4 members (excludes halogenated alkanes) is 11. The molecule has 1 rings (SSSR count). The lowest BCUT2D eigenvalue weighted by atomic mass is 10.1. The number of carboxylic acids is 1. The minimum Gasteiger partial charge on any atom is -0.544 e. The van der Waals surface area contributed by atoms with Crippen molar-refractivity contribution in [2.24, 2.45) is 0 Å². The van der Waals surface area contributed by atoms with Gasteiger partial charge in [0.05, 0.1) is 13.1 Å². The number of allylic oxidation sites excluding steroid dienone is 2. The first-order valence-corrected chi connectivity index (χ1v) is 13.4. The van der Waals surface area contributed by atoms with Gasteiger partial charge in [-0.1, -0.05) is 70.4 Å². The van der Waals surface area contributed by atoms with E-state index in [4.69, 9.17) is 4.74 Å². The van der Waals surface area contributed by atoms with Gasteiger partial charge in [0, 0.05) is 25.3 Å². The van der Waals surface area contributed by atoms with Crippen LogP contribution in [0, 0.1) is 12.0 Å². The molecule has 0 fully saturated rings. The third-order valence-electron chi connectivity index (χ3n) is 6.10.